The van der Waals surface area contributed by atoms with Crippen molar-refractivity contribution in [2.45, 2.75) is 25.7 Å². The molecule has 0 saturated carbocycles. The van der Waals surface area contributed by atoms with E-state index in [1.54, 1.807) is 29.3 Å². The van der Waals surface area contributed by atoms with Crippen molar-refractivity contribution < 1.29 is 9.18 Å². The maximum Gasteiger partial charge on any atom is 0.227 e. The van der Waals surface area contributed by atoms with Crippen molar-refractivity contribution in [2.75, 3.05) is 13.1 Å². The van der Waals surface area contributed by atoms with E-state index in [0.29, 0.717) is 18.7 Å². The third kappa shape index (κ3) is 2.96. The smallest absolute Gasteiger partial charge is 0.227 e. The molecule has 4 nitrogen and oxygen atoms in total. The molecule has 1 aliphatic heterocycles. The summed E-state index contributed by atoms with van der Waals surface area (Å²) in [5.41, 5.74) is 1.49. The Labute approximate surface area is 123 Å². The average molecular weight is 287 g/mol. The van der Waals surface area contributed by atoms with Crippen LogP contribution in [0.15, 0.2) is 30.5 Å². The molecule has 1 amide bonds. The van der Waals surface area contributed by atoms with Gasteiger partial charge in [-0.25, -0.2) is 9.37 Å². The lowest BCUT2D eigenvalue weighted by atomic mass is 10.1. The molecule has 1 aromatic heterocycles. The van der Waals surface area contributed by atoms with Crippen LogP contribution in [0.2, 0.25) is 0 Å². The van der Waals surface area contributed by atoms with Crippen LogP contribution in [-0.4, -0.2) is 33.9 Å². The molecule has 1 N–H and O–H groups in total. The van der Waals surface area contributed by atoms with Gasteiger partial charge in [0.1, 0.15) is 11.6 Å². The first-order valence-corrected chi connectivity index (χ1v) is 7.16. The number of benzene rings is 1. The lowest BCUT2D eigenvalue weighted by Gasteiger charge is -2.16. The van der Waals surface area contributed by atoms with Gasteiger partial charge in [-0.2, -0.15) is 0 Å². The molecule has 3 rings (SSSR count). The summed E-state index contributed by atoms with van der Waals surface area (Å²) in [6, 6.07) is 6.44. The molecular formula is C16H18FN3O. The molecule has 1 fully saturated rings. The van der Waals surface area contributed by atoms with Gasteiger partial charge in [0.2, 0.25) is 5.91 Å². The van der Waals surface area contributed by atoms with E-state index >= 15 is 0 Å². The van der Waals surface area contributed by atoms with E-state index in [9.17, 15) is 9.18 Å². The zero-order valence-electron chi connectivity index (χ0n) is 12.0. The molecular weight excluding hydrogens is 269 g/mol. The standard InChI is InChI=1S/C16H18FN3O/c1-11-9-18-16(19-11)13-6-7-20(10-13)15(21)8-12-4-2-3-5-14(12)17/h2-5,9,13H,6-8,10H2,1H3,(H,18,19)/t13-/m1/s1. The van der Waals surface area contributed by atoms with Gasteiger partial charge in [-0.15, -0.1) is 0 Å². The van der Waals surface area contributed by atoms with Gasteiger partial charge in [0, 0.05) is 30.9 Å². The van der Waals surface area contributed by atoms with E-state index in [-0.39, 0.29) is 24.1 Å². The first-order chi connectivity index (χ1) is 10.1. The average Bonchev–Trinajstić information content (AvgIpc) is 3.10. The molecule has 110 valence electrons. The monoisotopic (exact) mass is 287 g/mol. The summed E-state index contributed by atoms with van der Waals surface area (Å²) in [5.74, 6) is 0.853. The number of carbonyl (C=O) groups excluding carboxylic acids is 1. The van der Waals surface area contributed by atoms with E-state index in [0.717, 1.165) is 17.9 Å². The molecule has 2 heterocycles. The molecule has 0 bridgehead atoms. The summed E-state index contributed by atoms with van der Waals surface area (Å²) in [5, 5.41) is 0. The Kier molecular flexibility index (Phi) is 3.73. The van der Waals surface area contributed by atoms with Crippen molar-refractivity contribution in [1.29, 1.82) is 0 Å². The topological polar surface area (TPSA) is 49.0 Å². The molecule has 0 aliphatic carbocycles. The second-order valence-electron chi connectivity index (χ2n) is 5.54. The number of hydrogen-bond acceptors (Lipinski definition) is 2. The number of nitrogens with zero attached hydrogens (tertiary/aromatic N) is 2. The number of likely N-dealkylation sites (tertiary alicyclic amines) is 1. The molecule has 1 atom stereocenters. The summed E-state index contributed by atoms with van der Waals surface area (Å²) in [7, 11) is 0. The van der Waals surface area contributed by atoms with Crippen LogP contribution in [0, 0.1) is 12.7 Å². The maximum atomic E-state index is 13.6. The van der Waals surface area contributed by atoms with Crippen LogP contribution >= 0.6 is 0 Å². The Morgan fingerprint density at radius 3 is 3.00 bits per heavy atom. The highest BCUT2D eigenvalue weighted by atomic mass is 19.1. The Balaban J connectivity index is 1.63. The van der Waals surface area contributed by atoms with Crippen LogP contribution < -0.4 is 0 Å². The van der Waals surface area contributed by atoms with Gasteiger partial charge < -0.3 is 9.88 Å². The summed E-state index contributed by atoms with van der Waals surface area (Å²) in [6.45, 7) is 3.32. The molecule has 1 aliphatic rings. The molecule has 0 spiro atoms. The number of nitrogens with one attached hydrogen (secondary N) is 1. The van der Waals surface area contributed by atoms with Gasteiger partial charge in [-0.3, -0.25) is 4.79 Å². The predicted octanol–water partition coefficient (Wildman–Crippen LogP) is 2.42. The first kappa shape index (κ1) is 13.8. The van der Waals surface area contributed by atoms with Crippen molar-refractivity contribution >= 4 is 5.91 Å². The third-order valence-electron chi connectivity index (χ3n) is 3.95. The van der Waals surface area contributed by atoms with Crippen molar-refractivity contribution in [3.63, 3.8) is 0 Å². The van der Waals surface area contributed by atoms with E-state index in [1.165, 1.54) is 6.07 Å². The fourth-order valence-corrected chi connectivity index (χ4v) is 2.77. The SMILES string of the molecule is Cc1cnc([C@@H]2CCN(C(=O)Cc3ccccc3F)C2)[nH]1. The minimum absolute atomic E-state index is 0.0223. The number of H-pyrrole nitrogens is 1. The van der Waals surface area contributed by atoms with E-state index in [4.69, 9.17) is 0 Å². The normalized spacial score (nSPS) is 18.2. The minimum Gasteiger partial charge on any atom is -0.346 e. The number of amides is 1. The number of hydrogen-bond donors (Lipinski definition) is 1. The molecule has 1 aromatic carbocycles. The number of rotatable bonds is 3. The second kappa shape index (κ2) is 5.68. The molecule has 0 radical (unpaired) electrons. The summed E-state index contributed by atoms with van der Waals surface area (Å²) >= 11 is 0. The van der Waals surface area contributed by atoms with Crippen molar-refractivity contribution in [1.82, 2.24) is 14.9 Å². The van der Waals surface area contributed by atoms with E-state index in [1.807, 2.05) is 6.92 Å². The van der Waals surface area contributed by atoms with Crippen molar-refractivity contribution in [3.05, 3.63) is 53.4 Å². The zero-order chi connectivity index (χ0) is 14.8. The van der Waals surface area contributed by atoms with Gasteiger partial charge in [0.15, 0.2) is 0 Å². The summed E-state index contributed by atoms with van der Waals surface area (Å²) in [4.78, 5) is 21.6. The highest BCUT2D eigenvalue weighted by Gasteiger charge is 2.29. The number of halogens is 1. The number of imidazole rings is 1. The first-order valence-electron chi connectivity index (χ1n) is 7.16. The molecule has 5 heteroatoms. The van der Waals surface area contributed by atoms with Gasteiger partial charge in [0.05, 0.1) is 6.42 Å². The van der Waals surface area contributed by atoms with Gasteiger partial charge in [-0.1, -0.05) is 18.2 Å². The van der Waals surface area contributed by atoms with Crippen LogP contribution in [0.3, 0.4) is 0 Å². The number of carbonyl (C=O) groups is 1. The van der Waals surface area contributed by atoms with Gasteiger partial charge in [-0.05, 0) is 25.0 Å². The Hall–Kier alpha value is -2.17. The third-order valence-corrected chi connectivity index (χ3v) is 3.95. The molecule has 0 unspecified atom stereocenters. The molecule has 21 heavy (non-hydrogen) atoms. The van der Waals surface area contributed by atoms with Crippen molar-refractivity contribution in [2.24, 2.45) is 0 Å². The van der Waals surface area contributed by atoms with Gasteiger partial charge in [0.25, 0.3) is 0 Å². The highest BCUT2D eigenvalue weighted by molar-refractivity contribution is 5.79. The summed E-state index contributed by atoms with van der Waals surface area (Å²) < 4.78 is 13.6. The van der Waals surface area contributed by atoms with Crippen LogP contribution in [0.25, 0.3) is 0 Å². The lowest BCUT2D eigenvalue weighted by Crippen LogP contribution is -2.30. The second-order valence-corrected chi connectivity index (χ2v) is 5.54. The fourth-order valence-electron chi connectivity index (χ4n) is 2.77. The van der Waals surface area contributed by atoms with Crippen LogP contribution in [0.5, 0.6) is 0 Å². The summed E-state index contributed by atoms with van der Waals surface area (Å²) in [6.07, 6.45) is 2.83. The van der Waals surface area contributed by atoms with Crippen LogP contribution in [0.1, 0.15) is 29.4 Å². The highest BCUT2D eigenvalue weighted by Crippen LogP contribution is 2.25. The van der Waals surface area contributed by atoms with Crippen LogP contribution in [0.4, 0.5) is 4.39 Å². The maximum absolute atomic E-state index is 13.6. The van der Waals surface area contributed by atoms with Crippen molar-refractivity contribution in [3.8, 4) is 0 Å². The number of aromatic amines is 1. The largest absolute Gasteiger partial charge is 0.346 e. The zero-order valence-corrected chi connectivity index (χ0v) is 12.0. The van der Waals surface area contributed by atoms with Crippen LogP contribution in [-0.2, 0) is 11.2 Å². The lowest BCUT2D eigenvalue weighted by molar-refractivity contribution is -0.129. The number of aromatic nitrogens is 2. The molecule has 2 aromatic rings. The number of aryl methyl sites for hydroxylation is 1. The van der Waals surface area contributed by atoms with Gasteiger partial charge >= 0.3 is 0 Å². The molecule has 1 saturated heterocycles. The van der Waals surface area contributed by atoms with E-state index in [2.05, 4.69) is 9.97 Å². The Bertz CT molecular complexity index is 652. The Morgan fingerprint density at radius 1 is 1.48 bits per heavy atom. The quantitative estimate of drug-likeness (QED) is 0.942. The Morgan fingerprint density at radius 2 is 2.29 bits per heavy atom. The minimum atomic E-state index is -0.316. The van der Waals surface area contributed by atoms with E-state index < -0.39 is 0 Å². The fraction of sp³-hybridized carbons (Fsp3) is 0.375. The predicted molar refractivity (Wildman–Crippen MR) is 77.4 cm³/mol.